The summed E-state index contributed by atoms with van der Waals surface area (Å²) in [6.07, 6.45) is 2.65. The van der Waals surface area contributed by atoms with Gasteiger partial charge in [-0.1, -0.05) is 13.8 Å². The molecule has 0 heterocycles. The minimum atomic E-state index is -1.13. The van der Waals surface area contributed by atoms with Crippen molar-refractivity contribution in [3.05, 3.63) is 12.2 Å². The zero-order valence-corrected chi connectivity index (χ0v) is 9.95. The molecule has 92 valence electrons. The Bertz CT molecular complexity index is 271. The van der Waals surface area contributed by atoms with Crippen LogP contribution >= 0.6 is 0 Å². The first kappa shape index (κ1) is 14.6. The number of carbonyl (C=O) groups is 2. The minimum Gasteiger partial charge on any atom is -0.478 e. The first-order valence-corrected chi connectivity index (χ1v) is 5.05. The number of carbonyl (C=O) groups excluding carboxylic acids is 1. The van der Waals surface area contributed by atoms with Gasteiger partial charge in [0.2, 0.25) is 5.91 Å². The monoisotopic (exact) mass is 229 g/mol. The Kier molecular flexibility index (Phi) is 6.41. The molecule has 2 N–H and O–H groups in total. The van der Waals surface area contributed by atoms with Crippen molar-refractivity contribution in [2.24, 2.45) is 5.41 Å². The Morgan fingerprint density at radius 3 is 2.50 bits per heavy atom. The van der Waals surface area contributed by atoms with E-state index < -0.39 is 11.9 Å². The summed E-state index contributed by atoms with van der Waals surface area (Å²) >= 11 is 0. The lowest BCUT2D eigenvalue weighted by atomic mass is 9.90. The highest BCUT2D eigenvalue weighted by molar-refractivity contribution is 5.93. The maximum atomic E-state index is 11.2. The van der Waals surface area contributed by atoms with Crippen molar-refractivity contribution >= 4 is 11.9 Å². The van der Waals surface area contributed by atoms with Crippen molar-refractivity contribution in [2.45, 2.75) is 20.3 Å². The predicted octanol–water partition coefficient (Wildman–Crippen LogP) is 0.806. The summed E-state index contributed by atoms with van der Waals surface area (Å²) in [5, 5.41) is 11.0. The van der Waals surface area contributed by atoms with Crippen LogP contribution in [0.2, 0.25) is 0 Å². The summed E-state index contributed by atoms with van der Waals surface area (Å²) < 4.78 is 4.96. The second kappa shape index (κ2) is 7.00. The van der Waals surface area contributed by atoms with E-state index >= 15 is 0 Å². The third kappa shape index (κ3) is 7.99. The van der Waals surface area contributed by atoms with Gasteiger partial charge in [-0.2, -0.15) is 0 Å². The van der Waals surface area contributed by atoms with Gasteiger partial charge < -0.3 is 15.2 Å². The van der Waals surface area contributed by atoms with Crippen molar-refractivity contribution in [3.8, 4) is 0 Å². The standard InChI is InChI=1S/C11H19NO4/c1-11(2,6-7-16-3)8-12-9(13)4-5-10(14)15/h4-5H,6-8H2,1-3H3,(H,12,13)(H,14,15)/b5-4+. The highest BCUT2D eigenvalue weighted by Gasteiger charge is 2.17. The van der Waals surface area contributed by atoms with Gasteiger partial charge >= 0.3 is 5.97 Å². The quantitative estimate of drug-likeness (QED) is 0.633. The topological polar surface area (TPSA) is 75.6 Å². The molecule has 0 aromatic rings. The lowest BCUT2D eigenvalue weighted by Crippen LogP contribution is -2.33. The molecule has 0 fully saturated rings. The zero-order chi connectivity index (χ0) is 12.6. The summed E-state index contributed by atoms with van der Waals surface area (Å²) in [6, 6.07) is 0. The number of nitrogens with one attached hydrogen (secondary N) is 1. The molecule has 0 saturated carbocycles. The van der Waals surface area contributed by atoms with Gasteiger partial charge in [-0.3, -0.25) is 4.79 Å². The largest absolute Gasteiger partial charge is 0.478 e. The second-order valence-corrected chi connectivity index (χ2v) is 4.30. The van der Waals surface area contributed by atoms with Crippen LogP contribution in [0.25, 0.3) is 0 Å². The average Bonchev–Trinajstić information content (AvgIpc) is 2.21. The van der Waals surface area contributed by atoms with E-state index in [1.165, 1.54) is 0 Å². The van der Waals surface area contributed by atoms with E-state index in [1.807, 2.05) is 13.8 Å². The van der Waals surface area contributed by atoms with Crippen LogP contribution in [0.5, 0.6) is 0 Å². The van der Waals surface area contributed by atoms with Crippen LogP contribution in [0.15, 0.2) is 12.2 Å². The Morgan fingerprint density at radius 2 is 2.00 bits per heavy atom. The number of hydrogen-bond donors (Lipinski definition) is 2. The van der Waals surface area contributed by atoms with E-state index in [0.717, 1.165) is 18.6 Å². The predicted molar refractivity (Wildman–Crippen MR) is 60.1 cm³/mol. The van der Waals surface area contributed by atoms with Gasteiger partial charge in [-0.15, -0.1) is 0 Å². The number of carboxylic acids is 1. The molecule has 0 aliphatic rings. The molecule has 0 aliphatic heterocycles. The second-order valence-electron chi connectivity index (χ2n) is 4.30. The number of ether oxygens (including phenoxy) is 1. The molecular formula is C11H19NO4. The molecule has 0 radical (unpaired) electrons. The molecule has 0 saturated heterocycles. The van der Waals surface area contributed by atoms with Gasteiger partial charge in [-0.25, -0.2) is 4.79 Å². The van der Waals surface area contributed by atoms with Gasteiger partial charge in [-0.05, 0) is 11.8 Å². The third-order valence-electron chi connectivity index (χ3n) is 2.10. The Morgan fingerprint density at radius 1 is 1.38 bits per heavy atom. The summed E-state index contributed by atoms with van der Waals surface area (Å²) in [5.74, 6) is -1.53. The lowest BCUT2D eigenvalue weighted by molar-refractivity contribution is -0.131. The molecule has 0 aromatic carbocycles. The highest BCUT2D eigenvalue weighted by atomic mass is 16.5. The smallest absolute Gasteiger partial charge is 0.328 e. The number of methoxy groups -OCH3 is 1. The number of rotatable bonds is 7. The molecule has 0 atom stereocenters. The van der Waals surface area contributed by atoms with Crippen molar-refractivity contribution in [2.75, 3.05) is 20.3 Å². The lowest BCUT2D eigenvalue weighted by Gasteiger charge is -2.24. The van der Waals surface area contributed by atoms with Crippen LogP contribution < -0.4 is 5.32 Å². The molecule has 0 aromatic heterocycles. The summed E-state index contributed by atoms with van der Waals surface area (Å²) in [5.41, 5.74) is -0.0667. The molecule has 0 rings (SSSR count). The normalized spacial score (nSPS) is 11.7. The molecule has 16 heavy (non-hydrogen) atoms. The SMILES string of the molecule is COCCC(C)(C)CNC(=O)/C=C/C(=O)O. The van der Waals surface area contributed by atoms with Crippen LogP contribution in [0.1, 0.15) is 20.3 Å². The summed E-state index contributed by atoms with van der Waals surface area (Å²) in [4.78, 5) is 21.3. The third-order valence-corrected chi connectivity index (χ3v) is 2.10. The summed E-state index contributed by atoms with van der Waals surface area (Å²) in [7, 11) is 1.63. The van der Waals surface area contributed by atoms with Crippen LogP contribution in [0.4, 0.5) is 0 Å². The van der Waals surface area contributed by atoms with E-state index in [1.54, 1.807) is 7.11 Å². The zero-order valence-electron chi connectivity index (χ0n) is 9.95. The fourth-order valence-electron chi connectivity index (χ4n) is 0.999. The summed E-state index contributed by atoms with van der Waals surface area (Å²) in [6.45, 7) is 5.13. The Labute approximate surface area is 95.5 Å². The highest BCUT2D eigenvalue weighted by Crippen LogP contribution is 2.18. The van der Waals surface area contributed by atoms with Gasteiger partial charge in [0, 0.05) is 32.4 Å². The van der Waals surface area contributed by atoms with E-state index in [-0.39, 0.29) is 5.41 Å². The average molecular weight is 229 g/mol. The van der Waals surface area contributed by atoms with Gasteiger partial charge in [0.1, 0.15) is 0 Å². The molecule has 5 nitrogen and oxygen atoms in total. The van der Waals surface area contributed by atoms with E-state index in [9.17, 15) is 9.59 Å². The number of amides is 1. The van der Waals surface area contributed by atoms with Gasteiger partial charge in [0.25, 0.3) is 0 Å². The molecule has 0 bridgehead atoms. The number of aliphatic carboxylic acids is 1. The molecular weight excluding hydrogens is 210 g/mol. The first-order valence-electron chi connectivity index (χ1n) is 5.05. The molecule has 0 unspecified atom stereocenters. The number of carboxylic acid groups (broad SMARTS) is 1. The fourth-order valence-corrected chi connectivity index (χ4v) is 0.999. The van der Waals surface area contributed by atoms with Crippen molar-refractivity contribution in [3.63, 3.8) is 0 Å². The molecule has 5 heteroatoms. The van der Waals surface area contributed by atoms with Crippen LogP contribution in [-0.4, -0.2) is 37.2 Å². The van der Waals surface area contributed by atoms with Gasteiger partial charge in [0.05, 0.1) is 0 Å². The Balaban J connectivity index is 3.94. The van der Waals surface area contributed by atoms with Crippen LogP contribution in [0, 0.1) is 5.41 Å². The van der Waals surface area contributed by atoms with Crippen molar-refractivity contribution in [1.29, 1.82) is 0 Å². The van der Waals surface area contributed by atoms with Crippen LogP contribution in [-0.2, 0) is 14.3 Å². The van der Waals surface area contributed by atoms with Gasteiger partial charge in [0.15, 0.2) is 0 Å². The Hall–Kier alpha value is -1.36. The van der Waals surface area contributed by atoms with E-state index in [4.69, 9.17) is 9.84 Å². The molecule has 1 amide bonds. The fraction of sp³-hybridized carbons (Fsp3) is 0.636. The first-order chi connectivity index (χ1) is 7.37. The van der Waals surface area contributed by atoms with E-state index in [2.05, 4.69) is 5.32 Å². The minimum absolute atomic E-state index is 0.0667. The van der Waals surface area contributed by atoms with Crippen molar-refractivity contribution in [1.82, 2.24) is 5.32 Å². The van der Waals surface area contributed by atoms with Crippen molar-refractivity contribution < 1.29 is 19.4 Å². The number of hydrogen-bond acceptors (Lipinski definition) is 3. The van der Waals surface area contributed by atoms with Crippen LogP contribution in [0.3, 0.4) is 0 Å². The molecule has 0 aliphatic carbocycles. The maximum absolute atomic E-state index is 11.2. The van der Waals surface area contributed by atoms with E-state index in [0.29, 0.717) is 13.2 Å². The maximum Gasteiger partial charge on any atom is 0.328 e. The molecule has 0 spiro atoms.